The van der Waals surface area contributed by atoms with Gasteiger partial charge in [-0.15, -0.1) is 0 Å². The van der Waals surface area contributed by atoms with Crippen molar-refractivity contribution < 1.29 is 13.9 Å². The standard InChI is InChI=1S/C11H13FN2O2/c1-14-9-5-8(12)4-7(2-3-13)11(9)16-6-10(14)15/h4-5H,2-3,6,13H2,1H3. The number of ether oxygens (including phenoxy) is 1. The number of fused-ring (bicyclic) bond motifs is 1. The molecule has 0 saturated carbocycles. The molecule has 0 saturated heterocycles. The van der Waals surface area contributed by atoms with E-state index in [0.29, 0.717) is 30.0 Å². The van der Waals surface area contributed by atoms with Crippen molar-refractivity contribution in [2.24, 2.45) is 5.73 Å². The third-order valence-corrected chi connectivity index (χ3v) is 2.60. The van der Waals surface area contributed by atoms with E-state index in [0.717, 1.165) is 0 Å². The molecule has 0 aliphatic carbocycles. The number of nitrogens with zero attached hydrogens (tertiary/aromatic N) is 1. The van der Waals surface area contributed by atoms with E-state index in [4.69, 9.17) is 10.5 Å². The zero-order valence-electron chi connectivity index (χ0n) is 9.00. The smallest absolute Gasteiger partial charge is 0.264 e. The average molecular weight is 224 g/mol. The van der Waals surface area contributed by atoms with Crippen molar-refractivity contribution in [2.75, 3.05) is 25.1 Å². The van der Waals surface area contributed by atoms with Gasteiger partial charge in [0.2, 0.25) is 0 Å². The topological polar surface area (TPSA) is 55.6 Å². The van der Waals surface area contributed by atoms with Crippen molar-refractivity contribution in [3.8, 4) is 5.75 Å². The fourth-order valence-electron chi connectivity index (χ4n) is 1.76. The first-order valence-corrected chi connectivity index (χ1v) is 5.05. The van der Waals surface area contributed by atoms with Gasteiger partial charge in [-0.25, -0.2) is 4.39 Å². The molecular formula is C11H13FN2O2. The quantitative estimate of drug-likeness (QED) is 0.803. The molecule has 2 N–H and O–H groups in total. The maximum Gasteiger partial charge on any atom is 0.264 e. The minimum atomic E-state index is -0.382. The number of halogens is 1. The van der Waals surface area contributed by atoms with E-state index < -0.39 is 0 Å². The Morgan fingerprint density at radius 2 is 2.31 bits per heavy atom. The van der Waals surface area contributed by atoms with Gasteiger partial charge < -0.3 is 15.4 Å². The number of hydrogen-bond acceptors (Lipinski definition) is 3. The Hall–Kier alpha value is -1.62. The van der Waals surface area contributed by atoms with E-state index in [1.807, 2.05) is 0 Å². The second kappa shape index (κ2) is 4.09. The number of nitrogens with two attached hydrogens (primary N) is 1. The predicted molar refractivity (Wildman–Crippen MR) is 58.1 cm³/mol. The maximum atomic E-state index is 13.3. The van der Waals surface area contributed by atoms with Crippen molar-refractivity contribution >= 4 is 11.6 Å². The third-order valence-electron chi connectivity index (χ3n) is 2.60. The number of benzene rings is 1. The highest BCUT2D eigenvalue weighted by Gasteiger charge is 2.25. The summed E-state index contributed by atoms with van der Waals surface area (Å²) in [7, 11) is 1.61. The van der Waals surface area contributed by atoms with Crippen LogP contribution < -0.4 is 15.4 Å². The molecule has 1 heterocycles. The van der Waals surface area contributed by atoms with Crippen LogP contribution in [-0.4, -0.2) is 26.1 Å². The summed E-state index contributed by atoms with van der Waals surface area (Å²) >= 11 is 0. The summed E-state index contributed by atoms with van der Waals surface area (Å²) in [5.41, 5.74) is 6.62. The Morgan fingerprint density at radius 1 is 1.56 bits per heavy atom. The van der Waals surface area contributed by atoms with Crippen molar-refractivity contribution in [2.45, 2.75) is 6.42 Å². The fourth-order valence-corrected chi connectivity index (χ4v) is 1.76. The van der Waals surface area contributed by atoms with E-state index >= 15 is 0 Å². The van der Waals surface area contributed by atoms with Gasteiger partial charge in [0.25, 0.3) is 5.91 Å². The minimum Gasteiger partial charge on any atom is -0.481 e. The number of amides is 1. The second-order valence-electron chi connectivity index (χ2n) is 3.69. The SMILES string of the molecule is CN1C(=O)COc2c(CCN)cc(F)cc21. The predicted octanol–water partition coefficient (Wildman–Crippen LogP) is 0.682. The molecule has 4 nitrogen and oxygen atoms in total. The number of rotatable bonds is 2. The van der Waals surface area contributed by atoms with Gasteiger partial charge in [-0.3, -0.25) is 4.79 Å². The summed E-state index contributed by atoms with van der Waals surface area (Å²) in [6.45, 7) is 0.406. The molecule has 5 heteroatoms. The maximum absolute atomic E-state index is 13.3. The van der Waals surface area contributed by atoms with Crippen molar-refractivity contribution in [3.05, 3.63) is 23.5 Å². The average Bonchev–Trinajstić information content (AvgIpc) is 2.24. The van der Waals surface area contributed by atoms with Gasteiger partial charge in [0, 0.05) is 18.7 Å². The first-order valence-electron chi connectivity index (χ1n) is 5.05. The Bertz CT molecular complexity index is 434. The first kappa shape index (κ1) is 10.9. The van der Waals surface area contributed by atoms with Gasteiger partial charge in [-0.05, 0) is 19.0 Å². The van der Waals surface area contributed by atoms with Gasteiger partial charge >= 0.3 is 0 Å². The lowest BCUT2D eigenvalue weighted by atomic mass is 10.1. The fraction of sp³-hybridized carbons (Fsp3) is 0.364. The summed E-state index contributed by atoms with van der Waals surface area (Å²) in [5, 5.41) is 0. The largest absolute Gasteiger partial charge is 0.481 e. The number of carbonyl (C=O) groups is 1. The van der Waals surface area contributed by atoms with Crippen LogP contribution in [0.2, 0.25) is 0 Å². The Morgan fingerprint density at radius 3 is 3.00 bits per heavy atom. The van der Waals surface area contributed by atoms with Gasteiger partial charge in [0.05, 0.1) is 5.69 Å². The van der Waals surface area contributed by atoms with Crippen molar-refractivity contribution in [3.63, 3.8) is 0 Å². The molecule has 1 aliphatic heterocycles. The summed E-state index contributed by atoms with van der Waals surface area (Å²) in [6, 6.07) is 2.70. The van der Waals surface area contributed by atoms with Crippen LogP contribution >= 0.6 is 0 Å². The van der Waals surface area contributed by atoms with Crippen LogP contribution in [0.4, 0.5) is 10.1 Å². The molecule has 0 radical (unpaired) electrons. The molecule has 1 aromatic carbocycles. The number of hydrogen-bond donors (Lipinski definition) is 1. The summed E-state index contributed by atoms with van der Waals surface area (Å²) in [4.78, 5) is 12.8. The molecular weight excluding hydrogens is 211 g/mol. The molecule has 1 amide bonds. The lowest BCUT2D eigenvalue weighted by molar-refractivity contribution is -0.121. The van der Waals surface area contributed by atoms with E-state index in [9.17, 15) is 9.18 Å². The van der Waals surface area contributed by atoms with Crippen molar-refractivity contribution in [1.82, 2.24) is 0 Å². The van der Waals surface area contributed by atoms with Crippen molar-refractivity contribution in [1.29, 1.82) is 0 Å². The van der Waals surface area contributed by atoms with E-state index in [1.165, 1.54) is 17.0 Å². The highest BCUT2D eigenvalue weighted by molar-refractivity contribution is 5.97. The summed E-state index contributed by atoms with van der Waals surface area (Å²) in [6.07, 6.45) is 0.530. The molecule has 0 fully saturated rings. The van der Waals surface area contributed by atoms with Crippen LogP contribution in [0.5, 0.6) is 5.75 Å². The molecule has 0 atom stereocenters. The van der Waals surface area contributed by atoms with E-state index in [2.05, 4.69) is 0 Å². The lowest BCUT2D eigenvalue weighted by Crippen LogP contribution is -2.36. The van der Waals surface area contributed by atoms with Crippen LogP contribution in [0.25, 0.3) is 0 Å². The Labute approximate surface area is 92.8 Å². The second-order valence-corrected chi connectivity index (χ2v) is 3.69. The molecule has 1 aliphatic rings. The van der Waals surface area contributed by atoms with Crippen LogP contribution in [0, 0.1) is 5.82 Å². The van der Waals surface area contributed by atoms with Crippen LogP contribution in [0.15, 0.2) is 12.1 Å². The van der Waals surface area contributed by atoms with Crippen LogP contribution in [-0.2, 0) is 11.2 Å². The molecule has 0 bridgehead atoms. The first-order chi connectivity index (χ1) is 7.63. The Kier molecular flexibility index (Phi) is 2.78. The molecule has 1 aromatic rings. The normalized spacial score (nSPS) is 14.7. The molecule has 0 aromatic heterocycles. The number of anilines is 1. The monoisotopic (exact) mass is 224 g/mol. The van der Waals surface area contributed by atoms with Crippen LogP contribution in [0.3, 0.4) is 0 Å². The summed E-state index contributed by atoms with van der Waals surface area (Å²) < 4.78 is 18.7. The molecule has 86 valence electrons. The summed E-state index contributed by atoms with van der Waals surface area (Å²) in [5.74, 6) is -0.00176. The number of carbonyl (C=O) groups excluding carboxylic acids is 1. The third kappa shape index (κ3) is 1.74. The van der Waals surface area contributed by atoms with Gasteiger partial charge in [0.15, 0.2) is 6.61 Å². The highest BCUT2D eigenvalue weighted by atomic mass is 19.1. The Balaban J connectivity index is 2.51. The molecule has 2 rings (SSSR count). The minimum absolute atomic E-state index is 0.00724. The molecule has 0 unspecified atom stereocenters. The highest BCUT2D eigenvalue weighted by Crippen LogP contribution is 2.35. The van der Waals surface area contributed by atoms with E-state index in [-0.39, 0.29) is 18.3 Å². The number of likely N-dealkylation sites (N-methyl/N-ethyl adjacent to an activating group) is 1. The molecule has 0 spiro atoms. The van der Waals surface area contributed by atoms with Gasteiger partial charge in [0.1, 0.15) is 11.6 Å². The lowest BCUT2D eigenvalue weighted by Gasteiger charge is -2.27. The van der Waals surface area contributed by atoms with Gasteiger partial charge in [-0.1, -0.05) is 0 Å². The van der Waals surface area contributed by atoms with Crippen LogP contribution in [0.1, 0.15) is 5.56 Å². The zero-order chi connectivity index (χ0) is 11.7. The molecule has 16 heavy (non-hydrogen) atoms. The van der Waals surface area contributed by atoms with Gasteiger partial charge in [-0.2, -0.15) is 0 Å². The van der Waals surface area contributed by atoms with E-state index in [1.54, 1.807) is 7.05 Å². The zero-order valence-corrected chi connectivity index (χ0v) is 9.00.